The predicted molar refractivity (Wildman–Crippen MR) is 131 cm³/mol. The fourth-order valence-corrected chi connectivity index (χ4v) is 3.39. The summed E-state index contributed by atoms with van der Waals surface area (Å²) in [5.41, 5.74) is 1.53. The first kappa shape index (κ1) is 27.1. The molecule has 2 N–H and O–H groups in total. The SMILES string of the molecule is CCNC(=NCc1ccc(F)c(COC)c1)NC1CCN(CCOC(C)C)CC1.I. The van der Waals surface area contributed by atoms with Gasteiger partial charge in [-0.05, 0) is 51.3 Å². The van der Waals surface area contributed by atoms with E-state index in [9.17, 15) is 4.39 Å². The van der Waals surface area contributed by atoms with Gasteiger partial charge in [0.2, 0.25) is 0 Å². The molecule has 1 fully saturated rings. The van der Waals surface area contributed by atoms with Crippen LogP contribution in [0.25, 0.3) is 0 Å². The Hall–Kier alpha value is -0.970. The summed E-state index contributed by atoms with van der Waals surface area (Å²) in [5.74, 6) is 0.571. The summed E-state index contributed by atoms with van der Waals surface area (Å²) >= 11 is 0. The van der Waals surface area contributed by atoms with Crippen LogP contribution in [-0.2, 0) is 22.6 Å². The summed E-state index contributed by atoms with van der Waals surface area (Å²) in [4.78, 5) is 7.15. The zero-order chi connectivity index (χ0) is 21.1. The molecule has 6 nitrogen and oxygen atoms in total. The standard InChI is InChI=1S/C22H37FN4O2.HI/c1-5-24-22(25-15-18-6-7-21(23)19(14-18)16-28-4)26-20-8-10-27(11-9-20)12-13-29-17(2)3;/h6-7,14,17,20H,5,8-13,15-16H2,1-4H3,(H2,24,25,26);1H. The summed E-state index contributed by atoms with van der Waals surface area (Å²) in [5, 5.41) is 6.87. The van der Waals surface area contributed by atoms with Crippen LogP contribution in [0.4, 0.5) is 4.39 Å². The number of nitrogens with one attached hydrogen (secondary N) is 2. The van der Waals surface area contributed by atoms with Crippen molar-refractivity contribution in [3.63, 3.8) is 0 Å². The van der Waals surface area contributed by atoms with Crippen LogP contribution in [-0.4, -0.2) is 62.9 Å². The van der Waals surface area contributed by atoms with Gasteiger partial charge in [0.25, 0.3) is 0 Å². The normalized spacial score (nSPS) is 15.9. The number of benzene rings is 1. The molecular weight excluding hydrogens is 498 g/mol. The summed E-state index contributed by atoms with van der Waals surface area (Å²) in [6.45, 7) is 11.7. The number of hydrogen-bond acceptors (Lipinski definition) is 4. The smallest absolute Gasteiger partial charge is 0.191 e. The predicted octanol–water partition coefficient (Wildman–Crippen LogP) is 3.53. The van der Waals surface area contributed by atoms with Gasteiger partial charge in [0.15, 0.2) is 5.96 Å². The molecule has 0 spiro atoms. The van der Waals surface area contributed by atoms with Gasteiger partial charge in [-0.15, -0.1) is 24.0 Å². The van der Waals surface area contributed by atoms with E-state index in [-0.39, 0.29) is 36.4 Å². The minimum Gasteiger partial charge on any atom is -0.380 e. The first-order valence-corrected chi connectivity index (χ1v) is 10.7. The molecule has 0 radical (unpaired) electrons. The third-order valence-electron chi connectivity index (χ3n) is 4.96. The van der Waals surface area contributed by atoms with Crippen molar-refractivity contribution < 1.29 is 13.9 Å². The van der Waals surface area contributed by atoms with Crippen molar-refractivity contribution in [2.75, 3.05) is 39.9 Å². The minimum atomic E-state index is -0.241. The van der Waals surface area contributed by atoms with Crippen LogP contribution in [0.3, 0.4) is 0 Å². The highest BCUT2D eigenvalue weighted by Crippen LogP contribution is 2.13. The Morgan fingerprint density at radius 1 is 1.30 bits per heavy atom. The molecule has 0 atom stereocenters. The Labute approximate surface area is 198 Å². The van der Waals surface area contributed by atoms with Crippen LogP contribution in [0.15, 0.2) is 23.2 Å². The number of hydrogen-bond donors (Lipinski definition) is 2. The molecule has 1 aliphatic rings. The van der Waals surface area contributed by atoms with E-state index in [1.807, 2.05) is 6.07 Å². The molecule has 172 valence electrons. The van der Waals surface area contributed by atoms with Gasteiger partial charge in [-0.1, -0.05) is 6.07 Å². The second kappa shape index (κ2) is 14.9. The molecular formula is C22H38FIN4O2. The Bertz CT molecular complexity index is 638. The van der Waals surface area contributed by atoms with Gasteiger partial charge in [-0.25, -0.2) is 9.38 Å². The molecule has 1 heterocycles. The summed E-state index contributed by atoms with van der Waals surface area (Å²) in [6, 6.07) is 5.49. The zero-order valence-corrected chi connectivity index (χ0v) is 21.1. The molecule has 0 aliphatic carbocycles. The average molecular weight is 536 g/mol. The molecule has 1 aromatic rings. The molecule has 1 aliphatic heterocycles. The summed E-state index contributed by atoms with van der Waals surface area (Å²) in [7, 11) is 1.57. The molecule has 0 bridgehead atoms. The minimum absolute atomic E-state index is 0. The van der Waals surface area contributed by atoms with E-state index in [1.54, 1.807) is 13.2 Å². The Morgan fingerprint density at radius 3 is 2.67 bits per heavy atom. The largest absolute Gasteiger partial charge is 0.380 e. The Kier molecular flexibility index (Phi) is 13.5. The number of piperidine rings is 1. The highest BCUT2D eigenvalue weighted by molar-refractivity contribution is 14.0. The number of guanidine groups is 1. The number of aliphatic imine (C=N–C) groups is 1. The van der Waals surface area contributed by atoms with Gasteiger partial charge in [-0.3, -0.25) is 0 Å². The fourth-order valence-electron chi connectivity index (χ4n) is 3.39. The van der Waals surface area contributed by atoms with E-state index in [0.717, 1.165) is 57.2 Å². The van der Waals surface area contributed by atoms with E-state index in [1.165, 1.54) is 6.07 Å². The monoisotopic (exact) mass is 536 g/mol. The van der Waals surface area contributed by atoms with E-state index in [0.29, 0.717) is 24.3 Å². The molecule has 1 saturated heterocycles. The van der Waals surface area contributed by atoms with Crippen molar-refractivity contribution in [1.29, 1.82) is 0 Å². The molecule has 2 rings (SSSR count). The van der Waals surface area contributed by atoms with E-state index in [2.05, 4.69) is 36.3 Å². The number of methoxy groups -OCH3 is 1. The Balaban J connectivity index is 0.00000450. The van der Waals surface area contributed by atoms with Crippen molar-refractivity contribution in [2.45, 2.75) is 58.9 Å². The van der Waals surface area contributed by atoms with Crippen LogP contribution in [0.2, 0.25) is 0 Å². The lowest BCUT2D eigenvalue weighted by atomic mass is 10.1. The van der Waals surface area contributed by atoms with Gasteiger partial charge in [-0.2, -0.15) is 0 Å². The first-order valence-electron chi connectivity index (χ1n) is 10.7. The van der Waals surface area contributed by atoms with Crippen LogP contribution in [0, 0.1) is 5.82 Å². The molecule has 0 saturated carbocycles. The topological polar surface area (TPSA) is 58.1 Å². The molecule has 0 unspecified atom stereocenters. The van der Waals surface area contributed by atoms with Gasteiger partial charge in [0.1, 0.15) is 5.82 Å². The maximum absolute atomic E-state index is 13.8. The maximum atomic E-state index is 13.8. The van der Waals surface area contributed by atoms with Crippen LogP contribution < -0.4 is 10.6 Å². The average Bonchev–Trinajstić information content (AvgIpc) is 2.70. The first-order chi connectivity index (χ1) is 14.0. The van der Waals surface area contributed by atoms with Crippen molar-refractivity contribution in [3.05, 3.63) is 35.1 Å². The number of ether oxygens (including phenoxy) is 2. The van der Waals surface area contributed by atoms with Gasteiger partial charge >= 0.3 is 0 Å². The quantitative estimate of drug-likeness (QED) is 0.272. The van der Waals surface area contributed by atoms with Gasteiger partial charge in [0, 0.05) is 44.9 Å². The van der Waals surface area contributed by atoms with Crippen molar-refractivity contribution in [1.82, 2.24) is 15.5 Å². The van der Waals surface area contributed by atoms with Gasteiger partial charge in [0.05, 0.1) is 25.9 Å². The van der Waals surface area contributed by atoms with Crippen molar-refractivity contribution >= 4 is 29.9 Å². The maximum Gasteiger partial charge on any atom is 0.191 e. The number of likely N-dealkylation sites (tertiary alicyclic amines) is 1. The van der Waals surface area contributed by atoms with Crippen LogP contribution in [0.5, 0.6) is 0 Å². The number of rotatable bonds is 10. The number of nitrogens with zero attached hydrogens (tertiary/aromatic N) is 2. The summed E-state index contributed by atoms with van der Waals surface area (Å²) < 4.78 is 24.5. The lowest BCUT2D eigenvalue weighted by molar-refractivity contribution is 0.0532. The molecule has 0 aromatic heterocycles. The molecule has 1 aromatic carbocycles. The summed E-state index contributed by atoms with van der Waals surface area (Å²) in [6.07, 6.45) is 2.46. The van der Waals surface area contributed by atoms with Crippen LogP contribution in [0.1, 0.15) is 44.7 Å². The van der Waals surface area contributed by atoms with Crippen molar-refractivity contribution in [3.8, 4) is 0 Å². The van der Waals surface area contributed by atoms with Crippen molar-refractivity contribution in [2.24, 2.45) is 4.99 Å². The highest BCUT2D eigenvalue weighted by Gasteiger charge is 2.19. The highest BCUT2D eigenvalue weighted by atomic mass is 127. The van der Waals surface area contributed by atoms with E-state index < -0.39 is 0 Å². The van der Waals surface area contributed by atoms with E-state index in [4.69, 9.17) is 14.5 Å². The third-order valence-corrected chi connectivity index (χ3v) is 4.96. The second-order valence-corrected chi connectivity index (χ2v) is 7.73. The fraction of sp³-hybridized carbons (Fsp3) is 0.682. The molecule has 30 heavy (non-hydrogen) atoms. The lowest BCUT2D eigenvalue weighted by Crippen LogP contribution is -2.49. The second-order valence-electron chi connectivity index (χ2n) is 7.73. The molecule has 0 amide bonds. The molecule has 8 heteroatoms. The zero-order valence-electron chi connectivity index (χ0n) is 18.7. The van der Waals surface area contributed by atoms with E-state index >= 15 is 0 Å². The lowest BCUT2D eigenvalue weighted by Gasteiger charge is -2.33. The third kappa shape index (κ3) is 9.89. The van der Waals surface area contributed by atoms with Crippen LogP contribution >= 0.6 is 24.0 Å². The Morgan fingerprint density at radius 2 is 2.03 bits per heavy atom. The van der Waals surface area contributed by atoms with Gasteiger partial charge < -0.3 is 25.0 Å². The number of halogens is 2.